The summed E-state index contributed by atoms with van der Waals surface area (Å²) in [6.07, 6.45) is -1.16. The highest BCUT2D eigenvalue weighted by molar-refractivity contribution is 5.34. The summed E-state index contributed by atoms with van der Waals surface area (Å²) in [4.78, 5) is 0. The molecule has 0 aromatic heterocycles. The van der Waals surface area contributed by atoms with Gasteiger partial charge in [0.25, 0.3) is 0 Å². The third-order valence-electron chi connectivity index (χ3n) is 1.51. The third-order valence-corrected chi connectivity index (χ3v) is 1.51. The number of hydrogen-bond donors (Lipinski definition) is 1. The molecule has 0 aromatic carbocycles. The van der Waals surface area contributed by atoms with Gasteiger partial charge in [0.2, 0.25) is 0 Å². The molecule has 1 unspecified atom stereocenters. The Labute approximate surface area is 61.8 Å². The predicted octanol–water partition coefficient (Wildman–Crippen LogP) is 1.80. The van der Waals surface area contributed by atoms with E-state index in [1.165, 1.54) is 0 Å². The first-order chi connectivity index (χ1) is 5.16. The van der Waals surface area contributed by atoms with Gasteiger partial charge in [-0.2, -0.15) is 0 Å². The largest absolute Gasteiger partial charge is 0.391 e. The number of rotatable bonds is 1. The number of allylic oxidation sites excluding steroid dienone is 2. The Morgan fingerprint density at radius 2 is 2.18 bits per heavy atom. The van der Waals surface area contributed by atoms with E-state index in [2.05, 4.69) is 0 Å². The standard InChI is InChI=1S/C7H7F3O/c8-5-1-2-6(9)7(10)4(5)3-11/h1,6,11H,2-3H2. The van der Waals surface area contributed by atoms with Crippen molar-refractivity contribution in [1.82, 2.24) is 0 Å². The lowest BCUT2D eigenvalue weighted by atomic mass is 10.0. The molecule has 0 fully saturated rings. The van der Waals surface area contributed by atoms with Crippen molar-refractivity contribution in [3.63, 3.8) is 0 Å². The maximum atomic E-state index is 12.6. The van der Waals surface area contributed by atoms with Gasteiger partial charge in [-0.05, 0) is 6.08 Å². The first-order valence-corrected chi connectivity index (χ1v) is 3.16. The summed E-state index contributed by atoms with van der Waals surface area (Å²) in [7, 11) is 0. The van der Waals surface area contributed by atoms with Gasteiger partial charge in [-0.1, -0.05) is 0 Å². The SMILES string of the molecule is OCC1=C(F)C(F)CC=C1F. The van der Waals surface area contributed by atoms with Crippen molar-refractivity contribution in [1.29, 1.82) is 0 Å². The molecule has 62 valence electrons. The second kappa shape index (κ2) is 3.09. The van der Waals surface area contributed by atoms with E-state index in [9.17, 15) is 13.2 Å². The topological polar surface area (TPSA) is 20.2 Å². The normalized spacial score (nSPS) is 25.5. The van der Waals surface area contributed by atoms with Crippen LogP contribution in [0.25, 0.3) is 0 Å². The monoisotopic (exact) mass is 164 g/mol. The van der Waals surface area contributed by atoms with Crippen molar-refractivity contribution in [3.8, 4) is 0 Å². The number of aliphatic hydroxyl groups excluding tert-OH is 1. The summed E-state index contributed by atoms with van der Waals surface area (Å²) in [6.45, 7) is -0.797. The van der Waals surface area contributed by atoms with Gasteiger partial charge in [0.15, 0.2) is 6.17 Å². The minimum absolute atomic E-state index is 0.291. The first-order valence-electron chi connectivity index (χ1n) is 3.16. The van der Waals surface area contributed by atoms with Crippen LogP contribution in [-0.4, -0.2) is 17.9 Å². The van der Waals surface area contributed by atoms with Gasteiger partial charge in [0.05, 0.1) is 6.61 Å². The zero-order valence-electron chi connectivity index (χ0n) is 5.65. The quantitative estimate of drug-likeness (QED) is 0.626. The van der Waals surface area contributed by atoms with Crippen LogP contribution in [0.2, 0.25) is 0 Å². The maximum absolute atomic E-state index is 12.6. The van der Waals surface area contributed by atoms with Crippen molar-refractivity contribution in [2.75, 3.05) is 6.61 Å². The van der Waals surface area contributed by atoms with E-state index < -0.39 is 30.0 Å². The summed E-state index contributed by atoms with van der Waals surface area (Å²) in [5, 5.41) is 8.40. The second-order valence-electron chi connectivity index (χ2n) is 2.24. The molecule has 0 saturated heterocycles. The van der Waals surface area contributed by atoms with Crippen LogP contribution in [0.3, 0.4) is 0 Å². The molecular weight excluding hydrogens is 157 g/mol. The Hall–Kier alpha value is -0.770. The molecule has 4 heteroatoms. The molecule has 0 aromatic rings. The summed E-state index contributed by atoms with van der Waals surface area (Å²) < 4.78 is 37.5. The number of aliphatic hydroxyl groups is 1. The van der Waals surface area contributed by atoms with Crippen LogP contribution in [0.4, 0.5) is 13.2 Å². The van der Waals surface area contributed by atoms with Crippen molar-refractivity contribution in [3.05, 3.63) is 23.3 Å². The lowest BCUT2D eigenvalue weighted by molar-refractivity contribution is 0.284. The Bertz CT molecular complexity index is 220. The summed E-state index contributed by atoms with van der Waals surface area (Å²) >= 11 is 0. The van der Waals surface area contributed by atoms with E-state index in [0.717, 1.165) is 6.08 Å². The van der Waals surface area contributed by atoms with Crippen LogP contribution in [-0.2, 0) is 0 Å². The lowest BCUT2D eigenvalue weighted by Crippen LogP contribution is -2.10. The highest BCUT2D eigenvalue weighted by Gasteiger charge is 2.23. The van der Waals surface area contributed by atoms with Crippen LogP contribution in [0, 0.1) is 0 Å². The molecule has 0 aliphatic heterocycles. The maximum Gasteiger partial charge on any atom is 0.155 e. The fourth-order valence-electron chi connectivity index (χ4n) is 0.888. The van der Waals surface area contributed by atoms with Gasteiger partial charge in [0, 0.05) is 12.0 Å². The van der Waals surface area contributed by atoms with Gasteiger partial charge in [0.1, 0.15) is 11.7 Å². The number of hydrogen-bond acceptors (Lipinski definition) is 1. The van der Waals surface area contributed by atoms with E-state index in [-0.39, 0.29) is 6.42 Å². The summed E-state index contributed by atoms with van der Waals surface area (Å²) in [5.74, 6) is -2.05. The zero-order chi connectivity index (χ0) is 8.43. The highest BCUT2D eigenvalue weighted by atomic mass is 19.2. The van der Waals surface area contributed by atoms with Crippen molar-refractivity contribution < 1.29 is 18.3 Å². The molecule has 1 N–H and O–H groups in total. The Morgan fingerprint density at radius 1 is 1.55 bits per heavy atom. The second-order valence-corrected chi connectivity index (χ2v) is 2.24. The minimum atomic E-state index is -1.79. The average Bonchev–Trinajstić information content (AvgIpc) is 1.99. The molecule has 1 nitrogen and oxygen atoms in total. The van der Waals surface area contributed by atoms with Crippen LogP contribution >= 0.6 is 0 Å². The van der Waals surface area contributed by atoms with E-state index in [0.29, 0.717) is 0 Å². The summed E-state index contributed by atoms with van der Waals surface area (Å²) in [5.41, 5.74) is -0.566. The van der Waals surface area contributed by atoms with Crippen molar-refractivity contribution in [2.45, 2.75) is 12.6 Å². The molecule has 0 bridgehead atoms. The van der Waals surface area contributed by atoms with E-state index in [4.69, 9.17) is 5.11 Å². The van der Waals surface area contributed by atoms with Crippen molar-refractivity contribution in [2.24, 2.45) is 0 Å². The third kappa shape index (κ3) is 1.45. The molecule has 0 amide bonds. The van der Waals surface area contributed by atoms with Gasteiger partial charge in [-0.25, -0.2) is 13.2 Å². The van der Waals surface area contributed by atoms with Gasteiger partial charge in [-0.3, -0.25) is 0 Å². The van der Waals surface area contributed by atoms with Gasteiger partial charge in [-0.15, -0.1) is 0 Å². The van der Waals surface area contributed by atoms with Crippen molar-refractivity contribution >= 4 is 0 Å². The van der Waals surface area contributed by atoms with Crippen LogP contribution in [0.15, 0.2) is 23.3 Å². The smallest absolute Gasteiger partial charge is 0.155 e. The number of halogens is 3. The number of alkyl halides is 1. The fourth-order valence-corrected chi connectivity index (χ4v) is 0.888. The summed E-state index contributed by atoms with van der Waals surface area (Å²) in [6, 6.07) is 0. The molecule has 1 rings (SSSR count). The highest BCUT2D eigenvalue weighted by Crippen LogP contribution is 2.28. The molecule has 0 heterocycles. The van der Waals surface area contributed by atoms with Crippen LogP contribution in [0.5, 0.6) is 0 Å². The molecule has 1 aliphatic rings. The average molecular weight is 164 g/mol. The Morgan fingerprint density at radius 3 is 2.64 bits per heavy atom. The predicted molar refractivity (Wildman–Crippen MR) is 33.9 cm³/mol. The molecule has 0 saturated carbocycles. The molecular formula is C7H7F3O. The molecule has 11 heavy (non-hydrogen) atoms. The minimum Gasteiger partial charge on any atom is -0.391 e. The molecule has 1 aliphatic carbocycles. The molecule has 0 spiro atoms. The van der Waals surface area contributed by atoms with E-state index in [1.54, 1.807) is 0 Å². The lowest BCUT2D eigenvalue weighted by Gasteiger charge is -2.12. The van der Waals surface area contributed by atoms with E-state index >= 15 is 0 Å². The van der Waals surface area contributed by atoms with Crippen LogP contribution < -0.4 is 0 Å². The fraction of sp³-hybridized carbons (Fsp3) is 0.429. The van der Waals surface area contributed by atoms with E-state index in [1.807, 2.05) is 0 Å². The molecule has 0 radical (unpaired) electrons. The van der Waals surface area contributed by atoms with Crippen LogP contribution in [0.1, 0.15) is 6.42 Å². The van der Waals surface area contributed by atoms with Gasteiger partial charge < -0.3 is 5.11 Å². The Balaban J connectivity index is 2.95. The molecule has 1 atom stereocenters. The first kappa shape index (κ1) is 8.33. The van der Waals surface area contributed by atoms with Gasteiger partial charge >= 0.3 is 0 Å². The Kier molecular flexibility index (Phi) is 2.34. The zero-order valence-corrected chi connectivity index (χ0v) is 5.65.